The van der Waals surface area contributed by atoms with Crippen LogP contribution in [0.5, 0.6) is 0 Å². The number of aryl methyl sites for hydroxylation is 1. The summed E-state index contributed by atoms with van der Waals surface area (Å²) in [5.41, 5.74) is 0.698. The molecule has 90 valence electrons. The molecule has 0 radical (unpaired) electrons. The molecule has 1 rings (SSSR count). The van der Waals surface area contributed by atoms with Gasteiger partial charge in [0, 0.05) is 32.8 Å². The summed E-state index contributed by atoms with van der Waals surface area (Å²) in [4.78, 5) is 11.4. The molecule has 0 unspecified atom stereocenters. The van der Waals surface area contributed by atoms with Gasteiger partial charge in [-0.3, -0.25) is 4.79 Å². The van der Waals surface area contributed by atoms with Crippen molar-refractivity contribution in [2.45, 2.75) is 6.92 Å². The van der Waals surface area contributed by atoms with Gasteiger partial charge in [0.25, 0.3) is 5.91 Å². The van der Waals surface area contributed by atoms with Crippen molar-refractivity contribution in [3.8, 4) is 0 Å². The van der Waals surface area contributed by atoms with Crippen molar-refractivity contribution < 1.29 is 14.1 Å². The second kappa shape index (κ2) is 6.97. The number of amides is 1. The monoisotopic (exact) mass is 227 g/mol. The Morgan fingerprint density at radius 3 is 2.94 bits per heavy atom. The summed E-state index contributed by atoms with van der Waals surface area (Å²) in [5.74, 6) is 0.00327. The fourth-order valence-corrected chi connectivity index (χ4v) is 1.12. The minimum Gasteiger partial charge on any atom is -0.383 e. The van der Waals surface area contributed by atoms with Crippen molar-refractivity contribution in [1.29, 1.82) is 0 Å². The summed E-state index contributed by atoms with van der Waals surface area (Å²) < 4.78 is 9.69. The number of aromatic nitrogens is 1. The van der Waals surface area contributed by atoms with Crippen LogP contribution in [0.2, 0.25) is 0 Å². The lowest BCUT2D eigenvalue weighted by Crippen LogP contribution is -2.32. The maximum absolute atomic E-state index is 11.4. The molecular weight excluding hydrogens is 210 g/mol. The number of ether oxygens (including phenoxy) is 1. The molecule has 0 atom stereocenters. The number of nitrogens with zero attached hydrogens (tertiary/aromatic N) is 1. The zero-order valence-corrected chi connectivity index (χ0v) is 9.58. The van der Waals surface area contributed by atoms with E-state index in [2.05, 4.69) is 15.8 Å². The van der Waals surface area contributed by atoms with Crippen LogP contribution in [0.1, 0.15) is 16.2 Å². The number of carbonyl (C=O) groups excluding carboxylic acids is 1. The molecule has 0 aliphatic rings. The number of nitrogens with one attached hydrogen (secondary N) is 2. The van der Waals surface area contributed by atoms with Crippen molar-refractivity contribution >= 4 is 5.91 Å². The van der Waals surface area contributed by atoms with E-state index in [1.807, 2.05) is 0 Å². The van der Waals surface area contributed by atoms with E-state index in [9.17, 15) is 4.79 Å². The highest BCUT2D eigenvalue weighted by Crippen LogP contribution is 2.00. The van der Waals surface area contributed by atoms with E-state index in [-0.39, 0.29) is 11.7 Å². The molecule has 1 aromatic rings. The molecule has 0 aromatic carbocycles. The highest BCUT2D eigenvalue weighted by atomic mass is 16.5. The minimum absolute atomic E-state index is 0.242. The fourth-order valence-electron chi connectivity index (χ4n) is 1.12. The van der Waals surface area contributed by atoms with Crippen LogP contribution in [0.3, 0.4) is 0 Å². The predicted octanol–water partition coefficient (Wildman–Crippen LogP) is -0.0512. The first-order valence-corrected chi connectivity index (χ1v) is 5.15. The Morgan fingerprint density at radius 1 is 1.50 bits per heavy atom. The molecule has 0 saturated carbocycles. The summed E-state index contributed by atoms with van der Waals surface area (Å²) in [6.45, 7) is 4.44. The minimum atomic E-state index is -0.242. The van der Waals surface area contributed by atoms with Crippen LogP contribution in [0, 0.1) is 6.92 Å². The van der Waals surface area contributed by atoms with Crippen LogP contribution in [-0.2, 0) is 4.74 Å². The van der Waals surface area contributed by atoms with Crippen molar-refractivity contribution in [2.24, 2.45) is 0 Å². The van der Waals surface area contributed by atoms with E-state index in [0.717, 1.165) is 6.54 Å². The molecule has 6 heteroatoms. The lowest BCUT2D eigenvalue weighted by atomic mass is 10.3. The first-order valence-electron chi connectivity index (χ1n) is 5.15. The van der Waals surface area contributed by atoms with E-state index in [1.165, 1.54) is 0 Å². The molecule has 6 nitrogen and oxygen atoms in total. The van der Waals surface area contributed by atoms with Gasteiger partial charge in [-0.1, -0.05) is 5.16 Å². The van der Waals surface area contributed by atoms with E-state index >= 15 is 0 Å². The van der Waals surface area contributed by atoms with Crippen LogP contribution in [-0.4, -0.2) is 44.4 Å². The topological polar surface area (TPSA) is 76.4 Å². The Bertz CT molecular complexity index is 325. The number of hydrogen-bond donors (Lipinski definition) is 2. The molecular formula is C10H17N3O3. The van der Waals surface area contributed by atoms with Crippen LogP contribution in [0.25, 0.3) is 0 Å². The quantitative estimate of drug-likeness (QED) is 0.639. The van der Waals surface area contributed by atoms with Gasteiger partial charge < -0.3 is 19.9 Å². The Labute approximate surface area is 94.3 Å². The fraction of sp³-hybridized carbons (Fsp3) is 0.600. The number of carbonyl (C=O) groups is 1. The predicted molar refractivity (Wildman–Crippen MR) is 58.3 cm³/mol. The Morgan fingerprint density at radius 2 is 2.31 bits per heavy atom. The second-order valence-corrected chi connectivity index (χ2v) is 3.33. The summed E-state index contributed by atoms with van der Waals surface area (Å²) in [7, 11) is 1.65. The van der Waals surface area contributed by atoms with Gasteiger partial charge in [-0.2, -0.15) is 0 Å². The lowest BCUT2D eigenvalue weighted by Gasteiger charge is -2.04. The van der Waals surface area contributed by atoms with E-state index in [0.29, 0.717) is 25.4 Å². The highest BCUT2D eigenvalue weighted by Gasteiger charge is 2.09. The smallest absolute Gasteiger partial charge is 0.289 e. The largest absolute Gasteiger partial charge is 0.383 e. The van der Waals surface area contributed by atoms with Gasteiger partial charge in [-0.15, -0.1) is 0 Å². The molecule has 1 aromatic heterocycles. The lowest BCUT2D eigenvalue weighted by molar-refractivity contribution is 0.0917. The van der Waals surface area contributed by atoms with E-state index in [1.54, 1.807) is 20.1 Å². The Hall–Kier alpha value is -1.40. The average Bonchev–Trinajstić information content (AvgIpc) is 2.70. The van der Waals surface area contributed by atoms with Crippen molar-refractivity contribution in [2.75, 3.05) is 33.4 Å². The third kappa shape index (κ3) is 4.41. The Balaban J connectivity index is 2.11. The van der Waals surface area contributed by atoms with Crippen LogP contribution in [0.4, 0.5) is 0 Å². The molecule has 0 aliphatic heterocycles. The SMILES string of the molecule is COCCNCCNC(=O)c1cc(C)no1. The normalized spacial score (nSPS) is 10.4. The molecule has 1 heterocycles. The maximum Gasteiger partial charge on any atom is 0.289 e. The molecule has 1 amide bonds. The average molecular weight is 227 g/mol. The van der Waals surface area contributed by atoms with Gasteiger partial charge in [0.05, 0.1) is 12.3 Å². The van der Waals surface area contributed by atoms with E-state index in [4.69, 9.17) is 9.26 Å². The molecule has 0 saturated heterocycles. The zero-order chi connectivity index (χ0) is 11.8. The van der Waals surface area contributed by atoms with Crippen molar-refractivity contribution in [3.63, 3.8) is 0 Å². The van der Waals surface area contributed by atoms with Gasteiger partial charge in [-0.25, -0.2) is 0 Å². The summed E-state index contributed by atoms with van der Waals surface area (Å²) in [6, 6.07) is 1.60. The summed E-state index contributed by atoms with van der Waals surface area (Å²) in [6.07, 6.45) is 0. The molecule has 2 N–H and O–H groups in total. The number of hydrogen-bond acceptors (Lipinski definition) is 5. The van der Waals surface area contributed by atoms with Gasteiger partial charge in [-0.05, 0) is 6.92 Å². The van der Waals surface area contributed by atoms with Crippen LogP contribution in [0.15, 0.2) is 10.6 Å². The molecule has 0 spiro atoms. The second-order valence-electron chi connectivity index (χ2n) is 3.33. The van der Waals surface area contributed by atoms with Crippen molar-refractivity contribution in [1.82, 2.24) is 15.8 Å². The van der Waals surface area contributed by atoms with Crippen LogP contribution >= 0.6 is 0 Å². The molecule has 0 fully saturated rings. The van der Waals surface area contributed by atoms with Gasteiger partial charge in [0.15, 0.2) is 0 Å². The van der Waals surface area contributed by atoms with Gasteiger partial charge in [0.1, 0.15) is 0 Å². The highest BCUT2D eigenvalue weighted by molar-refractivity contribution is 5.91. The summed E-state index contributed by atoms with van der Waals surface area (Å²) >= 11 is 0. The number of rotatable bonds is 7. The third-order valence-electron chi connectivity index (χ3n) is 1.92. The van der Waals surface area contributed by atoms with E-state index < -0.39 is 0 Å². The Kier molecular flexibility index (Phi) is 5.52. The molecule has 0 aliphatic carbocycles. The zero-order valence-electron chi connectivity index (χ0n) is 9.58. The molecule has 16 heavy (non-hydrogen) atoms. The standard InChI is InChI=1S/C10H17N3O3/c1-8-7-9(16-13-8)10(14)12-4-3-11-5-6-15-2/h7,11H,3-6H2,1-2H3,(H,12,14). The molecule has 0 bridgehead atoms. The van der Waals surface area contributed by atoms with Gasteiger partial charge in [0.2, 0.25) is 5.76 Å². The first-order chi connectivity index (χ1) is 7.74. The third-order valence-corrected chi connectivity index (χ3v) is 1.92. The summed E-state index contributed by atoms with van der Waals surface area (Å²) in [5, 5.41) is 9.46. The van der Waals surface area contributed by atoms with Gasteiger partial charge >= 0.3 is 0 Å². The van der Waals surface area contributed by atoms with Crippen LogP contribution < -0.4 is 10.6 Å². The number of methoxy groups -OCH3 is 1. The van der Waals surface area contributed by atoms with Crippen molar-refractivity contribution in [3.05, 3.63) is 17.5 Å². The first kappa shape index (κ1) is 12.7. The maximum atomic E-state index is 11.4.